The molecule has 3 aliphatic rings. The van der Waals surface area contributed by atoms with Crippen molar-refractivity contribution >= 4 is 0 Å². The Morgan fingerprint density at radius 1 is 1.05 bits per heavy atom. The number of hydrogen-bond acceptors (Lipinski definition) is 1. The van der Waals surface area contributed by atoms with Crippen molar-refractivity contribution in [3.8, 4) is 0 Å². The Morgan fingerprint density at radius 2 is 1.81 bits per heavy atom. The summed E-state index contributed by atoms with van der Waals surface area (Å²) in [5, 5.41) is 0. The highest BCUT2D eigenvalue weighted by atomic mass is 14.8. The van der Waals surface area contributed by atoms with E-state index >= 15 is 0 Å². The van der Waals surface area contributed by atoms with Crippen molar-refractivity contribution < 1.29 is 0 Å². The van der Waals surface area contributed by atoms with E-state index < -0.39 is 0 Å². The molecule has 6 atom stereocenters. The molecule has 3 saturated carbocycles. The highest BCUT2D eigenvalue weighted by Crippen LogP contribution is 2.55. The van der Waals surface area contributed by atoms with Crippen LogP contribution in [0.5, 0.6) is 0 Å². The van der Waals surface area contributed by atoms with Gasteiger partial charge in [-0.25, -0.2) is 0 Å². The molecule has 1 nitrogen and oxygen atoms in total. The van der Waals surface area contributed by atoms with Crippen LogP contribution in [0.3, 0.4) is 0 Å². The predicted molar refractivity (Wildman–Crippen MR) is 91.1 cm³/mol. The number of nitrogens with two attached hydrogens (primary N) is 1. The van der Waals surface area contributed by atoms with Crippen LogP contribution in [0.2, 0.25) is 0 Å². The lowest BCUT2D eigenvalue weighted by atomic mass is 9.74. The molecule has 0 saturated heterocycles. The Morgan fingerprint density at radius 3 is 2.43 bits per heavy atom. The van der Waals surface area contributed by atoms with E-state index in [2.05, 4.69) is 13.8 Å². The van der Waals surface area contributed by atoms with Crippen molar-refractivity contribution in [3.05, 3.63) is 0 Å². The molecule has 0 radical (unpaired) electrons. The van der Waals surface area contributed by atoms with Gasteiger partial charge in [-0.1, -0.05) is 46.0 Å². The van der Waals surface area contributed by atoms with Crippen LogP contribution in [0, 0.1) is 35.5 Å². The zero-order valence-electron chi connectivity index (χ0n) is 14.4. The SMILES string of the molecule is CCCCCC(C)CC(C1CC1N)C1CCCC1C1CC1. The fraction of sp³-hybridized carbons (Fsp3) is 1.00. The molecule has 0 amide bonds. The average molecular weight is 292 g/mol. The fourth-order valence-electron chi connectivity index (χ4n) is 5.38. The largest absolute Gasteiger partial charge is 0.327 e. The summed E-state index contributed by atoms with van der Waals surface area (Å²) in [6, 6.07) is 0.554. The van der Waals surface area contributed by atoms with Crippen LogP contribution in [0.15, 0.2) is 0 Å². The van der Waals surface area contributed by atoms with Gasteiger partial charge < -0.3 is 5.73 Å². The predicted octanol–water partition coefficient (Wildman–Crippen LogP) is 5.38. The summed E-state index contributed by atoms with van der Waals surface area (Å²) >= 11 is 0. The van der Waals surface area contributed by atoms with Crippen molar-refractivity contribution in [2.45, 2.75) is 90.5 Å². The number of rotatable bonds is 9. The minimum atomic E-state index is 0.554. The molecule has 21 heavy (non-hydrogen) atoms. The lowest BCUT2D eigenvalue weighted by molar-refractivity contribution is 0.176. The number of hydrogen-bond donors (Lipinski definition) is 1. The highest BCUT2D eigenvalue weighted by Gasteiger charge is 2.49. The van der Waals surface area contributed by atoms with Gasteiger partial charge in [-0.15, -0.1) is 0 Å². The van der Waals surface area contributed by atoms with Gasteiger partial charge in [-0.3, -0.25) is 0 Å². The second-order valence-electron chi connectivity index (χ2n) is 8.66. The van der Waals surface area contributed by atoms with Crippen molar-refractivity contribution in [3.63, 3.8) is 0 Å². The maximum absolute atomic E-state index is 6.27. The summed E-state index contributed by atoms with van der Waals surface area (Å²) in [6.07, 6.45) is 16.1. The monoisotopic (exact) mass is 291 g/mol. The Hall–Kier alpha value is -0.0400. The molecule has 0 spiro atoms. The third-order valence-electron chi connectivity index (χ3n) is 6.82. The molecule has 0 aliphatic heterocycles. The molecule has 0 aromatic carbocycles. The van der Waals surface area contributed by atoms with Crippen LogP contribution < -0.4 is 5.73 Å². The topological polar surface area (TPSA) is 26.0 Å². The lowest BCUT2D eigenvalue weighted by Gasteiger charge is -2.31. The van der Waals surface area contributed by atoms with Gasteiger partial charge in [0.15, 0.2) is 0 Å². The summed E-state index contributed by atoms with van der Waals surface area (Å²) < 4.78 is 0. The Bertz CT molecular complexity index is 322. The molecule has 3 aliphatic carbocycles. The summed E-state index contributed by atoms with van der Waals surface area (Å²) in [4.78, 5) is 0. The van der Waals surface area contributed by atoms with Gasteiger partial charge >= 0.3 is 0 Å². The first-order chi connectivity index (χ1) is 10.2. The Kier molecular flexibility index (Phi) is 5.30. The van der Waals surface area contributed by atoms with E-state index in [9.17, 15) is 0 Å². The van der Waals surface area contributed by atoms with Gasteiger partial charge in [0.05, 0.1) is 0 Å². The van der Waals surface area contributed by atoms with Gasteiger partial charge in [-0.2, -0.15) is 0 Å². The van der Waals surface area contributed by atoms with E-state index in [0.717, 1.165) is 35.5 Å². The number of unbranched alkanes of at least 4 members (excludes halogenated alkanes) is 2. The van der Waals surface area contributed by atoms with Crippen molar-refractivity contribution in [1.82, 2.24) is 0 Å². The third kappa shape index (κ3) is 4.03. The zero-order chi connectivity index (χ0) is 14.8. The molecule has 0 aromatic rings. The molecule has 3 fully saturated rings. The average Bonchev–Trinajstić information content (AvgIpc) is 3.38. The summed E-state index contributed by atoms with van der Waals surface area (Å²) in [5.74, 6) is 6.04. The molecule has 0 aromatic heterocycles. The Balaban J connectivity index is 1.56. The van der Waals surface area contributed by atoms with E-state index in [1.54, 1.807) is 0 Å². The lowest BCUT2D eigenvalue weighted by Crippen LogP contribution is -2.26. The molecule has 0 bridgehead atoms. The van der Waals surface area contributed by atoms with Crippen LogP contribution in [0.25, 0.3) is 0 Å². The van der Waals surface area contributed by atoms with E-state index in [0.29, 0.717) is 6.04 Å². The van der Waals surface area contributed by atoms with Crippen molar-refractivity contribution in [2.24, 2.45) is 41.2 Å². The van der Waals surface area contributed by atoms with Gasteiger partial charge in [0, 0.05) is 6.04 Å². The molecule has 6 unspecified atom stereocenters. The normalized spacial score (nSPS) is 38.4. The maximum Gasteiger partial charge on any atom is 0.00738 e. The molecule has 122 valence electrons. The van der Waals surface area contributed by atoms with Gasteiger partial charge in [0.2, 0.25) is 0 Å². The van der Waals surface area contributed by atoms with Crippen molar-refractivity contribution in [2.75, 3.05) is 0 Å². The second kappa shape index (κ2) is 7.02. The summed E-state index contributed by atoms with van der Waals surface area (Å²) in [7, 11) is 0. The van der Waals surface area contributed by atoms with Crippen LogP contribution in [0.4, 0.5) is 0 Å². The van der Waals surface area contributed by atoms with E-state index in [1.807, 2.05) is 0 Å². The standard InChI is InChI=1S/C20H37N/c1-3-4-5-7-14(2)12-18(19-13-20(19)21)17-9-6-8-16(17)15-10-11-15/h14-20H,3-13,21H2,1-2H3. The van der Waals surface area contributed by atoms with Gasteiger partial charge in [0.25, 0.3) is 0 Å². The zero-order valence-corrected chi connectivity index (χ0v) is 14.4. The van der Waals surface area contributed by atoms with Crippen LogP contribution in [0.1, 0.15) is 84.5 Å². The summed E-state index contributed by atoms with van der Waals surface area (Å²) in [6.45, 7) is 4.83. The fourth-order valence-corrected chi connectivity index (χ4v) is 5.38. The van der Waals surface area contributed by atoms with E-state index in [4.69, 9.17) is 5.73 Å². The summed E-state index contributed by atoms with van der Waals surface area (Å²) in [5.41, 5.74) is 6.27. The van der Waals surface area contributed by atoms with Gasteiger partial charge in [-0.05, 0) is 74.0 Å². The smallest absolute Gasteiger partial charge is 0.00738 e. The molecular weight excluding hydrogens is 254 g/mol. The molecule has 2 N–H and O–H groups in total. The van der Waals surface area contributed by atoms with Crippen molar-refractivity contribution in [1.29, 1.82) is 0 Å². The quantitative estimate of drug-likeness (QED) is 0.567. The van der Waals surface area contributed by atoms with Crippen LogP contribution >= 0.6 is 0 Å². The molecule has 1 heteroatoms. The van der Waals surface area contributed by atoms with Gasteiger partial charge in [0.1, 0.15) is 0 Å². The second-order valence-corrected chi connectivity index (χ2v) is 8.66. The maximum atomic E-state index is 6.27. The highest BCUT2D eigenvalue weighted by molar-refractivity contribution is 5.01. The Labute approximate surface area is 132 Å². The van der Waals surface area contributed by atoms with E-state index in [1.165, 1.54) is 70.6 Å². The van der Waals surface area contributed by atoms with Crippen LogP contribution in [-0.4, -0.2) is 6.04 Å². The molecular formula is C20H37N. The first-order valence-electron chi connectivity index (χ1n) is 9.96. The first-order valence-corrected chi connectivity index (χ1v) is 9.96. The molecule has 0 heterocycles. The van der Waals surface area contributed by atoms with E-state index in [-0.39, 0.29) is 0 Å². The van der Waals surface area contributed by atoms with Crippen LogP contribution in [-0.2, 0) is 0 Å². The first kappa shape index (κ1) is 15.8. The minimum absolute atomic E-state index is 0.554. The third-order valence-corrected chi connectivity index (χ3v) is 6.82. The molecule has 3 rings (SSSR count). The minimum Gasteiger partial charge on any atom is -0.327 e.